The van der Waals surface area contributed by atoms with Gasteiger partial charge in [0.1, 0.15) is 0 Å². The number of hydrogen-bond acceptors (Lipinski definition) is 4. The Morgan fingerprint density at radius 2 is 1.56 bits per heavy atom. The van der Waals surface area contributed by atoms with Crippen LogP contribution in [-0.4, -0.2) is 11.6 Å². The van der Waals surface area contributed by atoms with Crippen molar-refractivity contribution in [3.8, 4) is 0 Å². The Kier molecular flexibility index (Phi) is 1.13. The summed E-state index contributed by atoms with van der Waals surface area (Å²) >= 11 is 0. The van der Waals surface area contributed by atoms with Crippen molar-refractivity contribution in [2.75, 3.05) is 0 Å². The van der Waals surface area contributed by atoms with Gasteiger partial charge in [-0.15, -0.1) is 0 Å². The minimum atomic E-state index is -1.10. The number of rotatable bonds is 1. The topological polar surface area (TPSA) is 90.6 Å². The second kappa shape index (κ2) is 1.46. The van der Waals surface area contributed by atoms with E-state index < -0.39 is 11.6 Å². The van der Waals surface area contributed by atoms with Crippen molar-refractivity contribution in [1.82, 2.24) is 0 Å². The average Bonchev–Trinajstić information content (AvgIpc) is 2.08. The minimum Gasteiger partial charge on any atom is -0.316 e. The molecule has 1 unspecified atom stereocenters. The standard InChI is InChI=1S/C5H13N3O/c1-3(2)4(6)5(7,8)9-4/h3H,6-8H2,1-2H3. The number of nitrogens with two attached hydrogens (primary N) is 3. The third kappa shape index (κ3) is 0.753. The van der Waals surface area contributed by atoms with Crippen molar-refractivity contribution in [2.45, 2.75) is 25.4 Å². The van der Waals surface area contributed by atoms with Crippen LogP contribution in [0.3, 0.4) is 0 Å². The second-order valence-electron chi connectivity index (χ2n) is 2.84. The summed E-state index contributed by atoms with van der Waals surface area (Å²) in [5.74, 6) is -0.936. The molecule has 0 aromatic rings. The van der Waals surface area contributed by atoms with E-state index >= 15 is 0 Å². The van der Waals surface area contributed by atoms with Gasteiger partial charge in [0.15, 0.2) is 5.72 Å². The van der Waals surface area contributed by atoms with E-state index in [9.17, 15) is 0 Å². The number of epoxide rings is 1. The molecule has 1 aliphatic heterocycles. The van der Waals surface area contributed by atoms with E-state index in [1.54, 1.807) is 0 Å². The van der Waals surface area contributed by atoms with Crippen LogP contribution < -0.4 is 17.2 Å². The molecule has 6 N–H and O–H groups in total. The first-order valence-corrected chi connectivity index (χ1v) is 2.97. The Bertz CT molecular complexity index is 134. The smallest absolute Gasteiger partial charge is 0.216 e. The van der Waals surface area contributed by atoms with Crippen LogP contribution in [0.2, 0.25) is 0 Å². The molecule has 0 bridgehead atoms. The van der Waals surface area contributed by atoms with Crippen LogP contribution in [-0.2, 0) is 4.74 Å². The lowest BCUT2D eigenvalue weighted by atomic mass is 10.0. The van der Waals surface area contributed by atoms with Crippen molar-refractivity contribution in [1.29, 1.82) is 0 Å². The molecule has 1 atom stereocenters. The molecule has 9 heavy (non-hydrogen) atoms. The molecule has 4 heteroatoms. The maximum atomic E-state index is 5.59. The number of ether oxygens (including phenoxy) is 1. The highest BCUT2D eigenvalue weighted by atomic mass is 16.7. The first kappa shape index (κ1) is 6.95. The predicted octanol–water partition coefficient (Wildman–Crippen LogP) is -1.10. The zero-order valence-corrected chi connectivity index (χ0v) is 5.72. The first-order valence-electron chi connectivity index (χ1n) is 2.97. The van der Waals surface area contributed by atoms with Crippen LogP contribution in [0.4, 0.5) is 0 Å². The van der Waals surface area contributed by atoms with Crippen LogP contribution >= 0.6 is 0 Å². The molecule has 54 valence electrons. The Morgan fingerprint density at radius 3 is 1.56 bits per heavy atom. The maximum absolute atomic E-state index is 5.59. The molecular weight excluding hydrogens is 118 g/mol. The SMILES string of the molecule is CC(C)C1(N)OC1(N)N. The third-order valence-corrected chi connectivity index (χ3v) is 1.76. The normalized spacial score (nSPS) is 39.3. The highest BCUT2D eigenvalue weighted by Gasteiger charge is 2.65. The van der Waals surface area contributed by atoms with Gasteiger partial charge in [0.2, 0.25) is 5.85 Å². The molecule has 0 aromatic heterocycles. The van der Waals surface area contributed by atoms with Gasteiger partial charge in [0, 0.05) is 5.92 Å². The van der Waals surface area contributed by atoms with Gasteiger partial charge in [-0.1, -0.05) is 13.8 Å². The molecule has 1 aliphatic rings. The van der Waals surface area contributed by atoms with Crippen LogP contribution in [0.15, 0.2) is 0 Å². The van der Waals surface area contributed by atoms with E-state index in [2.05, 4.69) is 0 Å². The van der Waals surface area contributed by atoms with E-state index in [0.29, 0.717) is 0 Å². The second-order valence-corrected chi connectivity index (χ2v) is 2.84. The molecule has 0 saturated carbocycles. The first-order chi connectivity index (χ1) is 3.90. The zero-order valence-electron chi connectivity index (χ0n) is 5.72. The Balaban J connectivity index is 2.63. The lowest BCUT2D eigenvalue weighted by molar-refractivity contribution is 0.231. The third-order valence-electron chi connectivity index (χ3n) is 1.76. The molecule has 0 amide bonds. The van der Waals surface area contributed by atoms with E-state index in [4.69, 9.17) is 21.9 Å². The summed E-state index contributed by atoms with van der Waals surface area (Å²) in [6.45, 7) is 3.84. The highest BCUT2D eigenvalue weighted by Crippen LogP contribution is 2.40. The van der Waals surface area contributed by atoms with Gasteiger partial charge in [-0.2, -0.15) is 0 Å². The molecule has 0 spiro atoms. The van der Waals surface area contributed by atoms with Crippen molar-refractivity contribution in [3.05, 3.63) is 0 Å². The molecule has 1 heterocycles. The molecule has 1 fully saturated rings. The van der Waals surface area contributed by atoms with Gasteiger partial charge in [-0.05, 0) is 0 Å². The number of hydrogen-bond donors (Lipinski definition) is 3. The fourth-order valence-electron chi connectivity index (χ4n) is 0.823. The van der Waals surface area contributed by atoms with Crippen molar-refractivity contribution in [3.63, 3.8) is 0 Å². The minimum absolute atomic E-state index is 0.160. The van der Waals surface area contributed by atoms with E-state index in [-0.39, 0.29) is 5.92 Å². The van der Waals surface area contributed by atoms with Crippen LogP contribution in [0, 0.1) is 5.92 Å². The average molecular weight is 131 g/mol. The molecule has 4 nitrogen and oxygen atoms in total. The Labute approximate surface area is 54.3 Å². The van der Waals surface area contributed by atoms with Gasteiger partial charge in [0.25, 0.3) is 0 Å². The lowest BCUT2D eigenvalue weighted by Gasteiger charge is -2.11. The zero-order chi connectivity index (χ0) is 7.28. The summed E-state index contributed by atoms with van der Waals surface area (Å²) < 4.78 is 4.89. The van der Waals surface area contributed by atoms with Gasteiger partial charge < -0.3 is 4.74 Å². The summed E-state index contributed by atoms with van der Waals surface area (Å²) in [6.07, 6.45) is 0. The Hall–Kier alpha value is -0.160. The van der Waals surface area contributed by atoms with Crippen molar-refractivity contribution >= 4 is 0 Å². The Morgan fingerprint density at radius 1 is 1.22 bits per heavy atom. The molecule has 0 radical (unpaired) electrons. The monoisotopic (exact) mass is 131 g/mol. The summed E-state index contributed by atoms with van der Waals surface area (Å²) in [6, 6.07) is 0. The van der Waals surface area contributed by atoms with Gasteiger partial charge in [-0.25, -0.2) is 0 Å². The fourth-order valence-corrected chi connectivity index (χ4v) is 0.823. The van der Waals surface area contributed by atoms with Crippen molar-refractivity contribution < 1.29 is 4.74 Å². The maximum Gasteiger partial charge on any atom is 0.216 e. The van der Waals surface area contributed by atoms with Gasteiger partial charge >= 0.3 is 0 Å². The summed E-state index contributed by atoms with van der Waals surface area (Å²) in [7, 11) is 0. The van der Waals surface area contributed by atoms with Gasteiger partial charge in [0.05, 0.1) is 0 Å². The summed E-state index contributed by atoms with van der Waals surface area (Å²) in [4.78, 5) is 0. The van der Waals surface area contributed by atoms with Gasteiger partial charge in [-0.3, -0.25) is 17.2 Å². The largest absolute Gasteiger partial charge is 0.316 e. The molecular formula is C5H13N3O. The van der Waals surface area contributed by atoms with E-state index in [1.165, 1.54) is 0 Å². The molecule has 1 rings (SSSR count). The quantitative estimate of drug-likeness (QED) is 0.311. The molecule has 0 aliphatic carbocycles. The van der Waals surface area contributed by atoms with E-state index in [0.717, 1.165) is 0 Å². The van der Waals surface area contributed by atoms with Crippen LogP contribution in [0.1, 0.15) is 13.8 Å². The predicted molar refractivity (Wildman–Crippen MR) is 33.9 cm³/mol. The van der Waals surface area contributed by atoms with E-state index in [1.807, 2.05) is 13.8 Å². The lowest BCUT2D eigenvalue weighted by Crippen LogP contribution is -2.50. The molecule has 1 saturated heterocycles. The molecule has 0 aromatic carbocycles. The highest BCUT2D eigenvalue weighted by molar-refractivity contribution is 5.05. The van der Waals surface area contributed by atoms with Crippen LogP contribution in [0.25, 0.3) is 0 Å². The summed E-state index contributed by atoms with van der Waals surface area (Å²) in [5, 5.41) is 0. The van der Waals surface area contributed by atoms with Crippen molar-refractivity contribution in [2.24, 2.45) is 23.1 Å². The summed E-state index contributed by atoms with van der Waals surface area (Å²) in [5.41, 5.74) is 15.5. The fraction of sp³-hybridized carbons (Fsp3) is 1.00. The van der Waals surface area contributed by atoms with Crippen LogP contribution in [0.5, 0.6) is 0 Å².